The summed E-state index contributed by atoms with van der Waals surface area (Å²) in [4.78, 5) is 12.4. The second-order valence-electron chi connectivity index (χ2n) is 7.60. The minimum atomic E-state index is -3.93. The van der Waals surface area contributed by atoms with Crippen molar-refractivity contribution >= 4 is 17.4 Å². The molecule has 3 aliphatic rings. The molecule has 0 aromatic rings. The van der Waals surface area contributed by atoms with Gasteiger partial charge in [0.2, 0.25) is 0 Å². The molecule has 1 heterocycles. The Morgan fingerprint density at radius 1 is 1.00 bits per heavy atom. The molecule has 3 fully saturated rings. The summed E-state index contributed by atoms with van der Waals surface area (Å²) in [6.07, 6.45) is 5.19. The number of Topliss-reactive ketones (excluding diaryl/α,β-unsaturated/α-hetero) is 1. The Morgan fingerprint density at radius 3 is 1.91 bits per heavy atom. The quantitative estimate of drug-likeness (QED) is 0.325. The second-order valence-corrected chi connectivity index (χ2v) is 8.17. The molecule has 2 saturated carbocycles. The number of hydrogen-bond acceptors (Lipinski definition) is 2. The van der Waals surface area contributed by atoms with Crippen LogP contribution in [0.4, 0.5) is 8.63 Å². The number of hydrogen-bond donors (Lipinski definition) is 0. The second kappa shape index (κ2) is 18.0. The summed E-state index contributed by atoms with van der Waals surface area (Å²) in [7, 11) is -3.93. The first-order valence-corrected chi connectivity index (χ1v) is 10.6. The van der Waals surface area contributed by atoms with Crippen molar-refractivity contribution in [1.82, 2.24) is 0 Å². The van der Waals surface area contributed by atoms with Gasteiger partial charge < -0.3 is 0 Å². The number of halogens is 2. The van der Waals surface area contributed by atoms with Crippen molar-refractivity contribution < 1.29 is 61.6 Å². The SMILES string of the molecule is CC[N+]1(CC)C[C@@]2(CCC(=O)[C@H]3CCCC[C@@H]32)[C](=[Cr])O[B-]1(F)F.[C-]#[O+].[C-]#[O+].[C-]#[O+].[C-]#[O+].[C-]#[O+]. The fourth-order valence-electron chi connectivity index (χ4n) is 5.31. The number of fused-ring (bicyclic) bond motifs is 2. The van der Waals surface area contributed by atoms with Gasteiger partial charge >= 0.3 is 201 Å². The van der Waals surface area contributed by atoms with Crippen LogP contribution in [-0.4, -0.2) is 41.4 Å². The summed E-state index contributed by atoms with van der Waals surface area (Å²) in [6.45, 7) is 27.3. The molecular weight excluding hydrogens is 479 g/mol. The van der Waals surface area contributed by atoms with Crippen LogP contribution in [-0.2, 0) is 48.6 Å². The molecule has 2 aliphatic carbocycles. The minimum absolute atomic E-state index is 0.0410. The third-order valence-electron chi connectivity index (χ3n) is 6.86. The van der Waals surface area contributed by atoms with E-state index < -0.39 is 12.5 Å². The maximum atomic E-state index is 14.7. The Balaban J connectivity index is -0.000000798. The van der Waals surface area contributed by atoms with Crippen molar-refractivity contribution in [2.75, 3.05) is 19.6 Å². The Bertz CT molecular complexity index is 700. The molecule has 0 unspecified atom stereocenters. The van der Waals surface area contributed by atoms with Gasteiger partial charge in [-0.1, -0.05) is 0 Å². The standard InChI is InChI=1S/C16H26BF2NO2.5CO.Cr/c1-3-20(4-2)11-16(12-22-17(20,18)19)10-9-15(21)13-7-5-6-8-14(13)16;5*1-2;/h13-14H,3-11H2,1-2H3;;;;;;/t13-,14-,16-;;;;;;/m0....../s1. The zero-order valence-corrected chi connectivity index (χ0v) is 19.8. The first-order valence-electron chi connectivity index (χ1n) is 9.96. The Hall–Kier alpha value is -1.38. The number of rotatable bonds is 2. The summed E-state index contributed by atoms with van der Waals surface area (Å²) >= 11 is 2.84. The van der Waals surface area contributed by atoms with E-state index in [0.717, 1.165) is 25.7 Å². The van der Waals surface area contributed by atoms with Crippen LogP contribution in [0.3, 0.4) is 0 Å². The molecule has 0 radical (unpaired) electrons. The summed E-state index contributed by atoms with van der Waals surface area (Å²) in [5.74, 6) is 0.539. The van der Waals surface area contributed by atoms with Crippen LogP contribution < -0.4 is 0 Å². The van der Waals surface area contributed by atoms with E-state index in [1.165, 1.54) is 0 Å². The fraction of sp³-hybridized carbons (Fsp3) is 0.667. The van der Waals surface area contributed by atoms with E-state index in [4.69, 9.17) is 27.9 Å². The van der Waals surface area contributed by atoms with Crippen molar-refractivity contribution in [2.45, 2.75) is 52.4 Å². The average molecular weight is 505 g/mol. The van der Waals surface area contributed by atoms with Crippen LogP contribution in [0.25, 0.3) is 0 Å². The predicted octanol–water partition coefficient (Wildman–Crippen LogP) is 2.89. The molecule has 33 heavy (non-hydrogen) atoms. The van der Waals surface area contributed by atoms with Crippen LogP contribution in [0.1, 0.15) is 52.4 Å². The van der Waals surface area contributed by atoms with Crippen molar-refractivity contribution in [3.63, 3.8) is 0 Å². The Morgan fingerprint density at radius 2 is 1.45 bits per heavy atom. The molecule has 0 bridgehead atoms. The van der Waals surface area contributed by atoms with E-state index in [0.29, 0.717) is 42.8 Å². The molecule has 0 aromatic heterocycles. The van der Waals surface area contributed by atoms with Gasteiger partial charge in [0.15, 0.2) is 0 Å². The van der Waals surface area contributed by atoms with Crippen LogP contribution in [0, 0.1) is 50.5 Å². The first kappa shape index (κ1) is 36.2. The first-order chi connectivity index (χ1) is 15.8. The Labute approximate surface area is 201 Å². The summed E-state index contributed by atoms with van der Waals surface area (Å²) in [5, 5.41) is 0. The van der Waals surface area contributed by atoms with Crippen molar-refractivity contribution in [2.24, 2.45) is 17.3 Å². The third-order valence-corrected chi connectivity index (χ3v) is 7.64. The van der Waals surface area contributed by atoms with Crippen molar-refractivity contribution in [1.29, 1.82) is 0 Å². The number of quaternary nitrogens is 1. The van der Waals surface area contributed by atoms with Gasteiger partial charge in [-0.3, -0.25) is 0 Å². The average Bonchev–Trinajstić information content (AvgIpc) is 2.89. The van der Waals surface area contributed by atoms with E-state index in [9.17, 15) is 13.4 Å². The molecule has 0 aromatic carbocycles. The van der Waals surface area contributed by atoms with Crippen molar-refractivity contribution in [3.8, 4) is 0 Å². The van der Waals surface area contributed by atoms with Crippen LogP contribution in [0.15, 0.2) is 0 Å². The molecule has 3 atom stereocenters. The van der Waals surface area contributed by atoms with E-state index in [2.05, 4.69) is 49.1 Å². The van der Waals surface area contributed by atoms with Gasteiger partial charge in [-0.15, -0.1) is 0 Å². The molecule has 12 heteroatoms. The van der Waals surface area contributed by atoms with Gasteiger partial charge in [-0.05, 0) is 0 Å². The van der Waals surface area contributed by atoms with E-state index in [1.807, 2.05) is 13.8 Å². The summed E-state index contributed by atoms with van der Waals surface area (Å²) in [6, 6.07) is 0. The predicted molar refractivity (Wildman–Crippen MR) is 102 cm³/mol. The molecule has 180 valence electrons. The summed E-state index contributed by atoms with van der Waals surface area (Å²) in [5.41, 5.74) is -0.394. The molecule has 3 rings (SSSR count). The van der Waals surface area contributed by atoms with Gasteiger partial charge in [-0.25, -0.2) is 0 Å². The fourth-order valence-corrected chi connectivity index (χ4v) is 5.98. The van der Waals surface area contributed by atoms with Gasteiger partial charge in [0.05, 0.1) is 0 Å². The van der Waals surface area contributed by atoms with Gasteiger partial charge in [0.25, 0.3) is 0 Å². The zero-order valence-electron chi connectivity index (χ0n) is 18.6. The van der Waals surface area contributed by atoms with Gasteiger partial charge in [-0.2, -0.15) is 0 Å². The Kier molecular flexibility index (Phi) is 19.8. The normalized spacial score (nSPS) is 27.7. The summed E-state index contributed by atoms with van der Waals surface area (Å²) < 4.78 is 72.3. The molecule has 8 nitrogen and oxygen atoms in total. The zero-order chi connectivity index (χ0) is 26.9. The molecule has 0 amide bonds. The van der Waals surface area contributed by atoms with Gasteiger partial charge in [0.1, 0.15) is 0 Å². The monoisotopic (exact) mass is 505 g/mol. The number of nitrogens with zero attached hydrogens (tertiary/aromatic N) is 1. The van der Waals surface area contributed by atoms with Gasteiger partial charge in [0, 0.05) is 0 Å². The van der Waals surface area contributed by atoms with E-state index in [1.54, 1.807) is 0 Å². The molecular formula is C21H26BCrF2NO7. The number of ketones is 1. The van der Waals surface area contributed by atoms with Crippen LogP contribution >= 0.6 is 0 Å². The van der Waals surface area contributed by atoms with Crippen molar-refractivity contribution in [3.05, 3.63) is 33.3 Å². The number of carbonyl (C=O) groups is 1. The number of carbonyl (C=O) groups excluding carboxylic acids is 1. The van der Waals surface area contributed by atoms with Crippen LogP contribution in [0.5, 0.6) is 0 Å². The topological polar surface area (TPSA) is 126 Å². The van der Waals surface area contributed by atoms with E-state index >= 15 is 0 Å². The molecule has 0 N–H and O–H groups in total. The molecule has 1 saturated heterocycles. The third kappa shape index (κ3) is 7.55. The molecule has 1 spiro atoms. The maximum absolute atomic E-state index is 14.7. The van der Waals surface area contributed by atoms with Crippen LogP contribution in [0.2, 0.25) is 0 Å². The molecule has 1 aliphatic heterocycles. The van der Waals surface area contributed by atoms with E-state index in [-0.39, 0.29) is 16.2 Å².